The van der Waals surface area contributed by atoms with Gasteiger partial charge < -0.3 is 5.11 Å². The van der Waals surface area contributed by atoms with Crippen molar-refractivity contribution in [1.29, 1.82) is 5.26 Å². The highest BCUT2D eigenvalue weighted by Crippen LogP contribution is 2.37. The molecule has 0 unspecified atom stereocenters. The van der Waals surface area contributed by atoms with Gasteiger partial charge in [-0.1, -0.05) is 103 Å². The Kier molecular flexibility index (Phi) is 7.32. The summed E-state index contributed by atoms with van der Waals surface area (Å²) in [6.45, 7) is 1.83. The van der Waals surface area contributed by atoms with E-state index in [2.05, 4.69) is 72.0 Å². The van der Waals surface area contributed by atoms with Gasteiger partial charge in [0.15, 0.2) is 0 Å². The van der Waals surface area contributed by atoms with Crippen molar-refractivity contribution in [3.8, 4) is 6.07 Å². The lowest BCUT2D eigenvalue weighted by Crippen LogP contribution is -2.35. The molecular formula is C30H28N2O. The zero-order chi connectivity index (χ0) is 23.0. The van der Waals surface area contributed by atoms with Crippen LogP contribution in [0.1, 0.15) is 52.7 Å². The molecule has 0 fully saturated rings. The number of nitrogens with one attached hydrogen (secondary N) is 1. The minimum Gasteiger partial charge on any atom is -0.393 e. The Bertz CT molecular complexity index is 1130. The summed E-state index contributed by atoms with van der Waals surface area (Å²) in [5, 5.41) is 24.1. The molecule has 0 aliphatic rings. The van der Waals surface area contributed by atoms with Crippen LogP contribution in [0.5, 0.6) is 0 Å². The van der Waals surface area contributed by atoms with Crippen LogP contribution < -0.4 is 5.32 Å². The number of aliphatic hydroxyl groups excluding tert-OH is 1. The number of nitriles is 1. The summed E-state index contributed by atoms with van der Waals surface area (Å²) in [6.07, 6.45) is -0.608. The van der Waals surface area contributed by atoms with Crippen LogP contribution in [0.3, 0.4) is 0 Å². The van der Waals surface area contributed by atoms with Crippen molar-refractivity contribution in [3.05, 3.63) is 143 Å². The number of benzene rings is 4. The normalized spacial score (nSPS) is 13.8. The summed E-state index contributed by atoms with van der Waals surface area (Å²) in [4.78, 5) is 0. The molecule has 4 rings (SSSR count). The summed E-state index contributed by atoms with van der Waals surface area (Å²) in [6, 6.07) is 40.5. The van der Waals surface area contributed by atoms with Gasteiger partial charge in [-0.2, -0.15) is 5.26 Å². The molecule has 3 heteroatoms. The Morgan fingerprint density at radius 3 is 1.52 bits per heavy atom. The fraction of sp³-hybridized carbons (Fsp3) is 0.167. The molecule has 0 bridgehead atoms. The lowest BCUT2D eigenvalue weighted by molar-refractivity contribution is 0.138. The molecule has 4 aromatic rings. The van der Waals surface area contributed by atoms with Crippen molar-refractivity contribution >= 4 is 0 Å². The van der Waals surface area contributed by atoms with Gasteiger partial charge in [-0.15, -0.1) is 0 Å². The Morgan fingerprint density at radius 1 is 0.636 bits per heavy atom. The van der Waals surface area contributed by atoms with Crippen LogP contribution in [0, 0.1) is 11.3 Å². The van der Waals surface area contributed by atoms with Crippen molar-refractivity contribution in [3.63, 3.8) is 0 Å². The predicted molar refractivity (Wildman–Crippen MR) is 133 cm³/mol. The first-order valence-electron chi connectivity index (χ1n) is 11.3. The Balaban J connectivity index is 1.81. The molecule has 0 heterocycles. The van der Waals surface area contributed by atoms with Gasteiger partial charge in [-0.05, 0) is 41.3 Å². The van der Waals surface area contributed by atoms with Gasteiger partial charge in [0.2, 0.25) is 0 Å². The van der Waals surface area contributed by atoms with E-state index in [-0.39, 0.29) is 18.0 Å². The highest BCUT2D eigenvalue weighted by atomic mass is 16.3. The Labute approximate surface area is 196 Å². The van der Waals surface area contributed by atoms with E-state index in [9.17, 15) is 10.4 Å². The first-order valence-corrected chi connectivity index (χ1v) is 11.3. The van der Waals surface area contributed by atoms with Gasteiger partial charge in [-0.3, -0.25) is 5.32 Å². The summed E-state index contributed by atoms with van der Waals surface area (Å²) in [7, 11) is 0. The highest BCUT2D eigenvalue weighted by Gasteiger charge is 2.31. The minimum absolute atomic E-state index is 0.0581. The number of aliphatic hydroxyl groups is 1. The fourth-order valence-electron chi connectivity index (χ4n) is 4.45. The van der Waals surface area contributed by atoms with Gasteiger partial charge in [0.05, 0.1) is 23.8 Å². The van der Waals surface area contributed by atoms with Gasteiger partial charge in [0.1, 0.15) is 0 Å². The third-order valence-corrected chi connectivity index (χ3v) is 6.07. The molecule has 3 atom stereocenters. The molecule has 2 N–H and O–H groups in total. The standard InChI is InChI=1S/C30H28N2O/c1-22(33)28(24-19-17-23(21-31)18-20-24)30(27-15-9-4-10-16-27)32-29(25-11-5-2-6-12-25)26-13-7-3-8-14-26/h2-20,22,28-30,32-33H,1H3/t22-,28-,30+/m0/s1. The monoisotopic (exact) mass is 432 g/mol. The van der Waals surface area contributed by atoms with Crippen LogP contribution in [0.15, 0.2) is 115 Å². The van der Waals surface area contributed by atoms with Gasteiger partial charge in [-0.25, -0.2) is 0 Å². The quantitative estimate of drug-likeness (QED) is 0.351. The maximum atomic E-state index is 11.0. The maximum Gasteiger partial charge on any atom is 0.0991 e. The molecule has 0 spiro atoms. The average Bonchev–Trinajstić information content (AvgIpc) is 2.88. The molecule has 33 heavy (non-hydrogen) atoms. The number of hydrogen-bond donors (Lipinski definition) is 2. The van der Waals surface area contributed by atoms with Crippen molar-refractivity contribution in [2.45, 2.75) is 31.0 Å². The highest BCUT2D eigenvalue weighted by molar-refractivity contribution is 5.37. The van der Waals surface area contributed by atoms with Crippen LogP contribution in [0.25, 0.3) is 0 Å². The summed E-state index contributed by atoms with van der Waals surface area (Å²) in [5.41, 5.74) is 5.02. The van der Waals surface area contributed by atoms with Gasteiger partial charge in [0.25, 0.3) is 0 Å². The summed E-state index contributed by atoms with van der Waals surface area (Å²) >= 11 is 0. The lowest BCUT2D eigenvalue weighted by atomic mass is 9.82. The van der Waals surface area contributed by atoms with Crippen molar-refractivity contribution in [2.75, 3.05) is 0 Å². The number of hydrogen-bond acceptors (Lipinski definition) is 3. The van der Waals surface area contributed by atoms with E-state index in [4.69, 9.17) is 0 Å². The largest absolute Gasteiger partial charge is 0.393 e. The van der Waals surface area contributed by atoms with Gasteiger partial charge in [0, 0.05) is 12.0 Å². The van der Waals surface area contributed by atoms with Crippen molar-refractivity contribution in [1.82, 2.24) is 5.32 Å². The van der Waals surface area contributed by atoms with E-state index in [0.29, 0.717) is 5.56 Å². The second-order valence-electron chi connectivity index (χ2n) is 8.31. The van der Waals surface area contributed by atoms with Crippen molar-refractivity contribution < 1.29 is 5.11 Å². The summed E-state index contributed by atoms with van der Waals surface area (Å²) in [5.74, 6) is -0.213. The first-order chi connectivity index (χ1) is 16.2. The second kappa shape index (κ2) is 10.7. The molecule has 0 amide bonds. The van der Waals surface area contributed by atoms with E-state index in [1.165, 1.54) is 0 Å². The second-order valence-corrected chi connectivity index (χ2v) is 8.31. The topological polar surface area (TPSA) is 56.0 Å². The van der Waals surface area contributed by atoms with Crippen LogP contribution in [0.2, 0.25) is 0 Å². The SMILES string of the molecule is C[C@H](O)[C@@H](c1ccc(C#N)cc1)[C@H](NC(c1ccccc1)c1ccccc1)c1ccccc1. The average molecular weight is 433 g/mol. The van der Waals surface area contributed by atoms with E-state index in [1.54, 1.807) is 0 Å². The third kappa shape index (κ3) is 5.38. The van der Waals surface area contributed by atoms with Crippen LogP contribution in [0.4, 0.5) is 0 Å². The Morgan fingerprint density at radius 2 is 1.09 bits per heavy atom. The molecule has 4 aromatic carbocycles. The summed E-state index contributed by atoms with van der Waals surface area (Å²) < 4.78 is 0. The lowest BCUT2D eigenvalue weighted by Gasteiger charge is -2.35. The van der Waals surface area contributed by atoms with E-state index in [0.717, 1.165) is 22.3 Å². The molecule has 0 radical (unpaired) electrons. The molecule has 3 nitrogen and oxygen atoms in total. The van der Waals surface area contributed by atoms with Crippen molar-refractivity contribution in [2.24, 2.45) is 0 Å². The zero-order valence-electron chi connectivity index (χ0n) is 18.7. The molecular weight excluding hydrogens is 404 g/mol. The maximum absolute atomic E-state index is 11.0. The number of nitrogens with zero attached hydrogens (tertiary/aromatic N) is 1. The molecule has 0 aliphatic heterocycles. The predicted octanol–water partition coefficient (Wildman–Crippen LogP) is 6.14. The Hall–Kier alpha value is -3.71. The molecule has 164 valence electrons. The van der Waals surface area contributed by atoms with Crippen LogP contribution in [-0.4, -0.2) is 11.2 Å². The molecule has 0 aliphatic carbocycles. The molecule has 0 saturated heterocycles. The van der Waals surface area contributed by atoms with E-state index in [1.807, 2.05) is 61.5 Å². The van der Waals surface area contributed by atoms with E-state index >= 15 is 0 Å². The van der Waals surface area contributed by atoms with E-state index < -0.39 is 6.10 Å². The molecule has 0 aromatic heterocycles. The number of rotatable bonds is 8. The van der Waals surface area contributed by atoms with Crippen LogP contribution in [-0.2, 0) is 0 Å². The minimum atomic E-state index is -0.608. The third-order valence-electron chi connectivity index (χ3n) is 6.07. The van der Waals surface area contributed by atoms with Gasteiger partial charge >= 0.3 is 0 Å². The first kappa shape index (κ1) is 22.5. The molecule has 0 saturated carbocycles. The fourth-order valence-corrected chi connectivity index (χ4v) is 4.45. The zero-order valence-corrected chi connectivity index (χ0v) is 18.7. The smallest absolute Gasteiger partial charge is 0.0991 e. The van der Waals surface area contributed by atoms with Crippen LogP contribution >= 0.6 is 0 Å².